The summed E-state index contributed by atoms with van der Waals surface area (Å²) in [5.74, 6) is -0.751. The fourth-order valence-electron chi connectivity index (χ4n) is 1.32. The van der Waals surface area contributed by atoms with Gasteiger partial charge < -0.3 is 10.0 Å². The molecular weight excluding hydrogens is 198 g/mol. The second-order valence-electron chi connectivity index (χ2n) is 3.47. The van der Waals surface area contributed by atoms with Crippen molar-refractivity contribution in [2.75, 3.05) is 11.9 Å². The van der Waals surface area contributed by atoms with Crippen molar-refractivity contribution >= 4 is 22.3 Å². The fraction of sp³-hybridized carbons (Fsp3) is 0.500. The molecule has 0 spiro atoms. The molecule has 1 heterocycles. The molecule has 1 aromatic heterocycles. The van der Waals surface area contributed by atoms with Gasteiger partial charge in [-0.3, -0.25) is 4.79 Å². The van der Waals surface area contributed by atoms with Gasteiger partial charge in [-0.2, -0.15) is 0 Å². The van der Waals surface area contributed by atoms with Crippen LogP contribution in [0.25, 0.3) is 0 Å². The van der Waals surface area contributed by atoms with Crippen LogP contribution in [0.2, 0.25) is 0 Å². The molecule has 1 N–H and O–H groups in total. The number of rotatable bonds is 4. The smallest absolute Gasteiger partial charge is 0.305 e. The maximum absolute atomic E-state index is 10.5. The fourth-order valence-corrected chi connectivity index (χ4v) is 2.32. The minimum atomic E-state index is -0.751. The number of carboxylic acid groups (broad SMARTS) is 1. The molecule has 3 nitrogen and oxygen atoms in total. The highest BCUT2D eigenvalue weighted by atomic mass is 32.1. The van der Waals surface area contributed by atoms with E-state index in [1.54, 1.807) is 11.3 Å². The van der Waals surface area contributed by atoms with Gasteiger partial charge in [-0.15, -0.1) is 11.3 Å². The van der Waals surface area contributed by atoms with Crippen LogP contribution < -0.4 is 4.90 Å². The number of hydrogen-bond acceptors (Lipinski definition) is 3. The van der Waals surface area contributed by atoms with Gasteiger partial charge in [-0.05, 0) is 30.9 Å². The number of hydrogen-bond donors (Lipinski definition) is 1. The summed E-state index contributed by atoms with van der Waals surface area (Å²) >= 11 is 1.65. The van der Waals surface area contributed by atoms with E-state index in [1.807, 2.05) is 37.2 Å². The zero-order valence-electron chi connectivity index (χ0n) is 8.65. The summed E-state index contributed by atoms with van der Waals surface area (Å²) in [6, 6.07) is 2.08. The first kappa shape index (κ1) is 11.0. The highest BCUT2D eigenvalue weighted by Crippen LogP contribution is 2.27. The van der Waals surface area contributed by atoms with E-state index in [4.69, 9.17) is 5.11 Å². The topological polar surface area (TPSA) is 40.5 Å². The molecule has 0 saturated heterocycles. The number of thiophene rings is 1. The number of anilines is 1. The third-order valence-corrected chi connectivity index (χ3v) is 3.39. The van der Waals surface area contributed by atoms with Crippen molar-refractivity contribution in [3.8, 4) is 0 Å². The number of aliphatic carboxylic acids is 1. The van der Waals surface area contributed by atoms with Gasteiger partial charge in [0.25, 0.3) is 0 Å². The largest absolute Gasteiger partial charge is 0.481 e. The Labute approximate surface area is 88.0 Å². The Balaban J connectivity index is 2.70. The van der Waals surface area contributed by atoms with Gasteiger partial charge in [0.2, 0.25) is 0 Å². The van der Waals surface area contributed by atoms with Crippen LogP contribution in [-0.2, 0) is 4.79 Å². The minimum absolute atomic E-state index is 0.0323. The number of nitrogens with zero attached hydrogens (tertiary/aromatic N) is 1. The second kappa shape index (κ2) is 4.46. The van der Waals surface area contributed by atoms with E-state index >= 15 is 0 Å². The summed E-state index contributed by atoms with van der Waals surface area (Å²) in [6.07, 6.45) is 0.174. The zero-order chi connectivity index (χ0) is 10.7. The maximum Gasteiger partial charge on any atom is 0.305 e. The minimum Gasteiger partial charge on any atom is -0.481 e. The molecule has 1 rings (SSSR count). The monoisotopic (exact) mass is 213 g/mol. The molecule has 0 aliphatic carbocycles. The predicted octanol–water partition coefficient (Wildman–Crippen LogP) is 2.36. The van der Waals surface area contributed by atoms with E-state index in [0.29, 0.717) is 0 Å². The lowest BCUT2D eigenvalue weighted by Crippen LogP contribution is -2.30. The van der Waals surface area contributed by atoms with Crippen molar-refractivity contribution in [2.45, 2.75) is 26.3 Å². The van der Waals surface area contributed by atoms with Gasteiger partial charge in [0.1, 0.15) is 0 Å². The van der Waals surface area contributed by atoms with Crippen molar-refractivity contribution in [1.82, 2.24) is 0 Å². The molecule has 1 unspecified atom stereocenters. The molecule has 1 atom stereocenters. The lowest BCUT2D eigenvalue weighted by Gasteiger charge is -2.24. The first-order valence-electron chi connectivity index (χ1n) is 4.51. The van der Waals surface area contributed by atoms with E-state index < -0.39 is 5.97 Å². The van der Waals surface area contributed by atoms with Gasteiger partial charge in [-0.25, -0.2) is 0 Å². The van der Waals surface area contributed by atoms with Gasteiger partial charge >= 0.3 is 5.97 Å². The van der Waals surface area contributed by atoms with E-state index in [1.165, 1.54) is 5.56 Å². The van der Waals surface area contributed by atoms with Crippen molar-refractivity contribution in [2.24, 2.45) is 0 Å². The van der Waals surface area contributed by atoms with Gasteiger partial charge in [0, 0.05) is 13.1 Å². The highest BCUT2D eigenvalue weighted by molar-refractivity contribution is 7.14. The molecular formula is C10H15NO2S. The molecule has 4 heteroatoms. The Morgan fingerprint density at radius 2 is 2.36 bits per heavy atom. The molecule has 14 heavy (non-hydrogen) atoms. The van der Waals surface area contributed by atoms with Crippen LogP contribution in [-0.4, -0.2) is 24.2 Å². The van der Waals surface area contributed by atoms with Gasteiger partial charge in [0.15, 0.2) is 0 Å². The highest BCUT2D eigenvalue weighted by Gasteiger charge is 2.15. The van der Waals surface area contributed by atoms with Crippen LogP contribution >= 0.6 is 11.3 Å². The van der Waals surface area contributed by atoms with Gasteiger partial charge in [-0.1, -0.05) is 0 Å². The molecule has 0 radical (unpaired) electrons. The Kier molecular flexibility index (Phi) is 3.52. The molecule has 78 valence electrons. The van der Waals surface area contributed by atoms with Crippen molar-refractivity contribution in [3.63, 3.8) is 0 Å². The lowest BCUT2D eigenvalue weighted by atomic mass is 10.2. The molecule has 0 aromatic carbocycles. The molecule has 0 bridgehead atoms. The van der Waals surface area contributed by atoms with Crippen LogP contribution in [0.3, 0.4) is 0 Å². The maximum atomic E-state index is 10.5. The summed E-state index contributed by atoms with van der Waals surface area (Å²) in [5.41, 5.74) is 1.20. The Hall–Kier alpha value is -1.03. The van der Waals surface area contributed by atoms with Crippen LogP contribution in [0.15, 0.2) is 11.4 Å². The van der Waals surface area contributed by atoms with Crippen molar-refractivity contribution in [3.05, 3.63) is 17.0 Å². The second-order valence-corrected chi connectivity index (χ2v) is 4.36. The Morgan fingerprint density at radius 3 is 2.79 bits per heavy atom. The summed E-state index contributed by atoms with van der Waals surface area (Å²) < 4.78 is 0. The Bertz CT molecular complexity index is 322. The molecule has 0 fully saturated rings. The number of carbonyl (C=O) groups is 1. The molecule has 0 aliphatic heterocycles. The first-order chi connectivity index (χ1) is 6.52. The third kappa shape index (κ3) is 2.48. The summed E-state index contributed by atoms with van der Waals surface area (Å²) in [4.78, 5) is 12.6. The standard InChI is InChI=1S/C10H15NO2S/c1-7-4-5-14-10(7)11(3)8(2)6-9(12)13/h4-5,8H,6H2,1-3H3,(H,12,13). The summed E-state index contributed by atoms with van der Waals surface area (Å²) in [5, 5.41) is 11.9. The number of aryl methyl sites for hydroxylation is 1. The quantitative estimate of drug-likeness (QED) is 0.834. The molecule has 0 amide bonds. The first-order valence-corrected chi connectivity index (χ1v) is 5.39. The van der Waals surface area contributed by atoms with E-state index in [2.05, 4.69) is 0 Å². The van der Waals surface area contributed by atoms with Crippen molar-refractivity contribution in [1.29, 1.82) is 0 Å². The molecule has 0 saturated carbocycles. The third-order valence-electron chi connectivity index (χ3n) is 2.29. The summed E-state index contributed by atoms with van der Waals surface area (Å²) in [6.45, 7) is 3.96. The average Bonchev–Trinajstić information content (AvgIpc) is 2.48. The predicted molar refractivity (Wildman–Crippen MR) is 59.2 cm³/mol. The van der Waals surface area contributed by atoms with Crippen LogP contribution in [0, 0.1) is 6.92 Å². The lowest BCUT2D eigenvalue weighted by molar-refractivity contribution is -0.137. The average molecular weight is 213 g/mol. The van der Waals surface area contributed by atoms with Gasteiger partial charge in [0.05, 0.1) is 11.4 Å². The van der Waals surface area contributed by atoms with Crippen LogP contribution in [0.1, 0.15) is 18.9 Å². The molecule has 0 aliphatic rings. The normalized spacial score (nSPS) is 12.5. The Morgan fingerprint density at radius 1 is 1.71 bits per heavy atom. The van der Waals surface area contributed by atoms with E-state index in [0.717, 1.165) is 5.00 Å². The van der Waals surface area contributed by atoms with Crippen LogP contribution in [0.4, 0.5) is 5.00 Å². The van der Waals surface area contributed by atoms with E-state index in [-0.39, 0.29) is 12.5 Å². The summed E-state index contributed by atoms with van der Waals surface area (Å²) in [7, 11) is 1.94. The zero-order valence-corrected chi connectivity index (χ0v) is 9.47. The molecule has 1 aromatic rings. The van der Waals surface area contributed by atoms with Crippen molar-refractivity contribution < 1.29 is 9.90 Å². The SMILES string of the molecule is Cc1ccsc1N(C)C(C)CC(=O)O. The van der Waals surface area contributed by atoms with Crippen LogP contribution in [0.5, 0.6) is 0 Å². The van der Waals surface area contributed by atoms with E-state index in [9.17, 15) is 4.79 Å². The number of carboxylic acids is 1.